The van der Waals surface area contributed by atoms with Gasteiger partial charge in [-0.15, -0.1) is 0 Å². The Morgan fingerprint density at radius 1 is 1.56 bits per heavy atom. The van der Waals surface area contributed by atoms with E-state index in [0.717, 1.165) is 5.75 Å². The molecule has 1 aromatic carbocycles. The number of benzene rings is 1. The molecule has 1 fully saturated rings. The van der Waals surface area contributed by atoms with Gasteiger partial charge in [-0.2, -0.15) is 11.8 Å². The first-order valence-corrected chi connectivity index (χ1v) is 6.82. The van der Waals surface area contributed by atoms with Crippen molar-refractivity contribution in [1.82, 2.24) is 0 Å². The molecule has 5 heteroatoms. The molecular weight excluding hydrogens is 295 g/mol. The minimum Gasteiger partial charge on any atom is -0.368 e. The Labute approximate surface area is 106 Å². The zero-order chi connectivity index (χ0) is 11.5. The van der Waals surface area contributed by atoms with E-state index in [-0.39, 0.29) is 11.3 Å². The van der Waals surface area contributed by atoms with Gasteiger partial charge in [0.25, 0.3) is 0 Å². The van der Waals surface area contributed by atoms with Crippen molar-refractivity contribution >= 4 is 33.5 Å². The number of halogens is 2. The third-order valence-corrected chi connectivity index (χ3v) is 3.93. The third kappa shape index (κ3) is 2.47. The van der Waals surface area contributed by atoms with Gasteiger partial charge >= 0.3 is 0 Å². The highest BCUT2D eigenvalue weighted by Gasteiger charge is 2.26. The molecule has 2 nitrogen and oxygen atoms in total. The molecule has 0 bridgehead atoms. The van der Waals surface area contributed by atoms with Crippen molar-refractivity contribution in [3.63, 3.8) is 0 Å². The molecule has 0 aliphatic carbocycles. The van der Waals surface area contributed by atoms with Crippen LogP contribution < -0.4 is 0 Å². The van der Waals surface area contributed by atoms with Crippen LogP contribution in [0.1, 0.15) is 10.4 Å². The lowest BCUT2D eigenvalue weighted by molar-refractivity contribution is 0.0515. The maximum Gasteiger partial charge on any atom is 0.195 e. The smallest absolute Gasteiger partial charge is 0.195 e. The van der Waals surface area contributed by atoms with E-state index in [1.54, 1.807) is 23.9 Å². The van der Waals surface area contributed by atoms with E-state index in [1.165, 1.54) is 6.07 Å². The van der Waals surface area contributed by atoms with Gasteiger partial charge in [0, 0.05) is 11.5 Å². The Hall–Kier alpha value is -0.390. The number of ether oxygens (including phenoxy) is 1. The van der Waals surface area contributed by atoms with Crippen LogP contribution >= 0.6 is 27.7 Å². The number of carbonyl (C=O) groups excluding carboxylic acids is 1. The Bertz CT molecular complexity index is 405. The lowest BCUT2D eigenvalue weighted by Gasteiger charge is -2.21. The summed E-state index contributed by atoms with van der Waals surface area (Å²) in [4.78, 5) is 12.0. The van der Waals surface area contributed by atoms with Gasteiger partial charge in [-0.25, -0.2) is 4.39 Å². The second-order valence-electron chi connectivity index (χ2n) is 3.40. The zero-order valence-electron chi connectivity index (χ0n) is 8.41. The molecule has 0 N–H and O–H groups in total. The molecule has 0 spiro atoms. The van der Waals surface area contributed by atoms with Crippen LogP contribution in [0.25, 0.3) is 0 Å². The van der Waals surface area contributed by atoms with Gasteiger partial charge in [0.05, 0.1) is 16.6 Å². The Morgan fingerprint density at radius 3 is 3.06 bits per heavy atom. The van der Waals surface area contributed by atoms with E-state index in [4.69, 9.17) is 4.74 Å². The summed E-state index contributed by atoms with van der Waals surface area (Å²) in [6.45, 7) is 0.552. The minimum atomic E-state index is -0.512. The summed E-state index contributed by atoms with van der Waals surface area (Å²) in [5.74, 6) is 0.716. The van der Waals surface area contributed by atoms with Crippen molar-refractivity contribution in [2.24, 2.45) is 0 Å². The van der Waals surface area contributed by atoms with Crippen molar-refractivity contribution in [2.75, 3.05) is 18.1 Å². The number of thioether (sulfide) groups is 1. The average molecular weight is 305 g/mol. The van der Waals surface area contributed by atoms with Crippen LogP contribution in [0.3, 0.4) is 0 Å². The lowest BCUT2D eigenvalue weighted by atomic mass is 10.1. The number of Topliss-reactive ketones (excluding diaryl/α,β-unsaturated/α-hetero) is 1. The molecule has 0 amide bonds. The standard InChI is InChI=1S/C11H10BrFO2S/c12-8-3-1-2-7(10(8)13)11(14)9-6-16-5-4-15-9/h1-3,9H,4-6H2. The summed E-state index contributed by atoms with van der Waals surface area (Å²) in [7, 11) is 0. The predicted octanol–water partition coefficient (Wildman–Crippen LogP) is 2.90. The molecule has 1 saturated heterocycles. The molecule has 1 aromatic rings. The van der Waals surface area contributed by atoms with Gasteiger partial charge in [0.1, 0.15) is 11.9 Å². The Kier molecular flexibility index (Phi) is 4.00. The molecule has 0 aromatic heterocycles. The van der Waals surface area contributed by atoms with Crippen LogP contribution in [0.2, 0.25) is 0 Å². The number of hydrogen-bond donors (Lipinski definition) is 0. The first-order valence-electron chi connectivity index (χ1n) is 4.87. The molecule has 86 valence electrons. The SMILES string of the molecule is O=C(c1cccc(Br)c1F)C1CSCCO1. The van der Waals surface area contributed by atoms with Gasteiger partial charge in [-0.3, -0.25) is 4.79 Å². The molecule has 1 atom stereocenters. The third-order valence-electron chi connectivity index (χ3n) is 2.33. The highest BCUT2D eigenvalue weighted by molar-refractivity contribution is 9.10. The fourth-order valence-electron chi connectivity index (χ4n) is 1.51. The monoisotopic (exact) mass is 304 g/mol. The zero-order valence-corrected chi connectivity index (χ0v) is 10.8. The highest BCUT2D eigenvalue weighted by atomic mass is 79.9. The molecule has 0 saturated carbocycles. The van der Waals surface area contributed by atoms with E-state index in [1.807, 2.05) is 0 Å². The van der Waals surface area contributed by atoms with Crippen LogP contribution in [-0.4, -0.2) is 30.0 Å². The summed E-state index contributed by atoms with van der Waals surface area (Å²) < 4.78 is 19.3. The van der Waals surface area contributed by atoms with E-state index < -0.39 is 11.9 Å². The number of carbonyl (C=O) groups is 1. The number of ketones is 1. The van der Waals surface area contributed by atoms with Crippen LogP contribution in [0.5, 0.6) is 0 Å². The van der Waals surface area contributed by atoms with Gasteiger partial charge in [0.15, 0.2) is 5.78 Å². The summed E-state index contributed by atoms with van der Waals surface area (Å²) in [6.07, 6.45) is -0.512. The minimum absolute atomic E-state index is 0.0990. The van der Waals surface area contributed by atoms with Crippen molar-refractivity contribution in [3.8, 4) is 0 Å². The highest BCUT2D eigenvalue weighted by Crippen LogP contribution is 2.22. The fourth-order valence-corrected chi connectivity index (χ4v) is 2.72. The quantitative estimate of drug-likeness (QED) is 0.786. The lowest BCUT2D eigenvalue weighted by Crippen LogP contribution is -2.32. The summed E-state index contributed by atoms with van der Waals surface area (Å²) >= 11 is 4.72. The number of rotatable bonds is 2. The Morgan fingerprint density at radius 2 is 2.38 bits per heavy atom. The molecule has 16 heavy (non-hydrogen) atoms. The average Bonchev–Trinajstić information content (AvgIpc) is 2.33. The van der Waals surface area contributed by atoms with Crippen LogP contribution in [0, 0.1) is 5.82 Å². The van der Waals surface area contributed by atoms with Gasteiger partial charge in [-0.1, -0.05) is 6.07 Å². The predicted molar refractivity (Wildman–Crippen MR) is 65.5 cm³/mol. The van der Waals surface area contributed by atoms with E-state index in [0.29, 0.717) is 16.8 Å². The summed E-state index contributed by atoms with van der Waals surface area (Å²) in [5.41, 5.74) is 0.0990. The van der Waals surface area contributed by atoms with Crippen molar-refractivity contribution in [3.05, 3.63) is 34.1 Å². The first kappa shape index (κ1) is 12.1. The van der Waals surface area contributed by atoms with Crippen molar-refractivity contribution in [2.45, 2.75) is 6.10 Å². The topological polar surface area (TPSA) is 26.3 Å². The normalized spacial score (nSPS) is 20.8. The number of hydrogen-bond acceptors (Lipinski definition) is 3. The fraction of sp³-hybridized carbons (Fsp3) is 0.364. The molecule has 1 heterocycles. The van der Waals surface area contributed by atoms with E-state index in [2.05, 4.69) is 15.9 Å². The van der Waals surface area contributed by atoms with Gasteiger partial charge < -0.3 is 4.74 Å². The summed E-state index contributed by atoms with van der Waals surface area (Å²) in [5, 5.41) is 0. The molecule has 1 aliphatic rings. The van der Waals surface area contributed by atoms with Crippen molar-refractivity contribution < 1.29 is 13.9 Å². The summed E-state index contributed by atoms with van der Waals surface area (Å²) in [6, 6.07) is 4.71. The van der Waals surface area contributed by atoms with Crippen LogP contribution in [0.15, 0.2) is 22.7 Å². The maximum absolute atomic E-state index is 13.7. The van der Waals surface area contributed by atoms with Crippen LogP contribution in [0.4, 0.5) is 4.39 Å². The Balaban J connectivity index is 2.22. The second-order valence-corrected chi connectivity index (χ2v) is 5.40. The van der Waals surface area contributed by atoms with E-state index in [9.17, 15) is 9.18 Å². The van der Waals surface area contributed by atoms with Gasteiger partial charge in [0.2, 0.25) is 0 Å². The van der Waals surface area contributed by atoms with Crippen LogP contribution in [-0.2, 0) is 4.74 Å². The molecular formula is C11H10BrFO2S. The molecule has 0 radical (unpaired) electrons. The molecule has 1 unspecified atom stereocenters. The largest absolute Gasteiger partial charge is 0.368 e. The maximum atomic E-state index is 13.7. The van der Waals surface area contributed by atoms with E-state index >= 15 is 0 Å². The molecule has 2 rings (SSSR count). The second kappa shape index (κ2) is 5.29. The van der Waals surface area contributed by atoms with Crippen molar-refractivity contribution in [1.29, 1.82) is 0 Å². The van der Waals surface area contributed by atoms with Gasteiger partial charge in [-0.05, 0) is 28.1 Å². The molecule has 1 aliphatic heterocycles. The first-order chi connectivity index (χ1) is 7.70.